The Balaban J connectivity index is 1.26. The quantitative estimate of drug-likeness (QED) is 0.526. The molecule has 0 spiro atoms. The number of amides is 1. The molecule has 31 heavy (non-hydrogen) atoms. The standard InChI is InChI=1S/C23H27N5O2S/c1-16(31-23-25-21(26-27-23)18-8-10-20(30-2)11-9-18)22(29)24-19-12-13-28(15-19)14-17-6-4-3-5-7-17/h3-11,16,19H,12-15H2,1-2H3,(H,24,29)(H,25,26,27). The van der Waals surface area contributed by atoms with Crippen molar-refractivity contribution in [1.82, 2.24) is 25.4 Å². The van der Waals surface area contributed by atoms with Gasteiger partial charge in [0, 0.05) is 31.2 Å². The van der Waals surface area contributed by atoms with Crippen LogP contribution in [0.3, 0.4) is 0 Å². The molecule has 3 aromatic rings. The van der Waals surface area contributed by atoms with Crippen molar-refractivity contribution < 1.29 is 9.53 Å². The van der Waals surface area contributed by atoms with Crippen LogP contribution < -0.4 is 10.1 Å². The van der Waals surface area contributed by atoms with Crippen LogP contribution in [0.25, 0.3) is 11.4 Å². The fraction of sp³-hybridized carbons (Fsp3) is 0.348. The van der Waals surface area contributed by atoms with Crippen LogP contribution in [-0.2, 0) is 11.3 Å². The monoisotopic (exact) mass is 437 g/mol. The summed E-state index contributed by atoms with van der Waals surface area (Å²) >= 11 is 1.36. The van der Waals surface area contributed by atoms with Crippen LogP contribution in [-0.4, -0.2) is 57.5 Å². The van der Waals surface area contributed by atoms with E-state index in [0.29, 0.717) is 11.0 Å². The number of carbonyl (C=O) groups excluding carboxylic acids is 1. The maximum atomic E-state index is 12.7. The summed E-state index contributed by atoms with van der Waals surface area (Å²) in [5, 5.41) is 10.7. The Morgan fingerprint density at radius 1 is 1.26 bits per heavy atom. The number of H-pyrrole nitrogens is 1. The molecule has 2 N–H and O–H groups in total. The predicted molar refractivity (Wildman–Crippen MR) is 122 cm³/mol. The third kappa shape index (κ3) is 5.65. The first kappa shape index (κ1) is 21.4. The summed E-state index contributed by atoms with van der Waals surface area (Å²) in [6, 6.07) is 18.2. The van der Waals surface area contributed by atoms with E-state index < -0.39 is 0 Å². The number of ether oxygens (including phenoxy) is 1. The molecule has 1 amide bonds. The van der Waals surface area contributed by atoms with E-state index in [4.69, 9.17) is 4.74 Å². The van der Waals surface area contributed by atoms with E-state index in [1.807, 2.05) is 37.3 Å². The van der Waals surface area contributed by atoms with Crippen molar-refractivity contribution in [3.05, 3.63) is 60.2 Å². The van der Waals surface area contributed by atoms with Crippen molar-refractivity contribution in [2.24, 2.45) is 0 Å². The molecule has 1 aliphatic heterocycles. The molecule has 2 heterocycles. The zero-order valence-electron chi connectivity index (χ0n) is 17.7. The highest BCUT2D eigenvalue weighted by atomic mass is 32.2. The molecule has 0 radical (unpaired) electrons. The van der Waals surface area contributed by atoms with Crippen molar-refractivity contribution in [2.45, 2.75) is 36.3 Å². The number of hydrogen-bond acceptors (Lipinski definition) is 6. The van der Waals surface area contributed by atoms with Gasteiger partial charge in [-0.2, -0.15) is 0 Å². The lowest BCUT2D eigenvalue weighted by molar-refractivity contribution is -0.120. The summed E-state index contributed by atoms with van der Waals surface area (Å²) in [6.45, 7) is 4.68. The van der Waals surface area contributed by atoms with Gasteiger partial charge < -0.3 is 10.1 Å². The van der Waals surface area contributed by atoms with Crippen molar-refractivity contribution in [3.8, 4) is 17.1 Å². The van der Waals surface area contributed by atoms with Crippen LogP contribution in [0.5, 0.6) is 5.75 Å². The van der Waals surface area contributed by atoms with Gasteiger partial charge in [0.15, 0.2) is 5.82 Å². The van der Waals surface area contributed by atoms with Crippen molar-refractivity contribution in [3.63, 3.8) is 0 Å². The van der Waals surface area contributed by atoms with E-state index in [-0.39, 0.29) is 17.2 Å². The molecule has 0 saturated carbocycles. The Morgan fingerprint density at radius 3 is 2.77 bits per heavy atom. The number of methoxy groups -OCH3 is 1. The summed E-state index contributed by atoms with van der Waals surface area (Å²) in [4.78, 5) is 19.6. The maximum absolute atomic E-state index is 12.7. The summed E-state index contributed by atoms with van der Waals surface area (Å²) < 4.78 is 5.18. The minimum atomic E-state index is -0.275. The van der Waals surface area contributed by atoms with Crippen LogP contribution in [0.4, 0.5) is 0 Å². The minimum absolute atomic E-state index is 0.0207. The van der Waals surface area contributed by atoms with Crippen molar-refractivity contribution in [2.75, 3.05) is 20.2 Å². The lowest BCUT2D eigenvalue weighted by Crippen LogP contribution is -2.40. The number of aromatic nitrogens is 3. The SMILES string of the molecule is COc1ccc(-c2nc(SC(C)C(=O)NC3CCN(Cc4ccccc4)C3)n[nH]2)cc1. The molecule has 2 aromatic carbocycles. The Morgan fingerprint density at radius 2 is 2.03 bits per heavy atom. The molecule has 1 fully saturated rings. The van der Waals surface area contributed by atoms with Gasteiger partial charge in [0.1, 0.15) is 5.75 Å². The van der Waals surface area contributed by atoms with E-state index in [0.717, 1.165) is 37.4 Å². The van der Waals surface area contributed by atoms with Gasteiger partial charge in [-0.15, -0.1) is 5.10 Å². The molecule has 1 aliphatic rings. The normalized spacial score (nSPS) is 17.4. The van der Waals surface area contributed by atoms with Crippen LogP contribution >= 0.6 is 11.8 Å². The largest absolute Gasteiger partial charge is 0.497 e. The van der Waals surface area contributed by atoms with Gasteiger partial charge in [-0.3, -0.25) is 14.8 Å². The Kier molecular flexibility index (Phi) is 6.89. The Hall–Kier alpha value is -2.84. The van der Waals surface area contributed by atoms with E-state index in [1.54, 1.807) is 7.11 Å². The molecular weight excluding hydrogens is 410 g/mol. The van der Waals surface area contributed by atoms with Crippen LogP contribution in [0.1, 0.15) is 18.9 Å². The molecule has 0 aliphatic carbocycles. The number of nitrogens with one attached hydrogen (secondary N) is 2. The van der Waals surface area contributed by atoms with Crippen molar-refractivity contribution in [1.29, 1.82) is 0 Å². The van der Waals surface area contributed by atoms with Crippen molar-refractivity contribution >= 4 is 17.7 Å². The van der Waals surface area contributed by atoms with E-state index in [2.05, 4.69) is 49.7 Å². The molecule has 162 valence electrons. The molecule has 1 saturated heterocycles. The smallest absolute Gasteiger partial charge is 0.233 e. The molecule has 2 atom stereocenters. The number of carbonyl (C=O) groups is 1. The number of nitrogens with zero attached hydrogens (tertiary/aromatic N) is 3. The molecule has 1 aromatic heterocycles. The van der Waals surface area contributed by atoms with Gasteiger partial charge >= 0.3 is 0 Å². The topological polar surface area (TPSA) is 83.1 Å². The van der Waals surface area contributed by atoms with Gasteiger partial charge in [0.05, 0.1) is 12.4 Å². The zero-order valence-corrected chi connectivity index (χ0v) is 18.6. The fourth-order valence-corrected chi connectivity index (χ4v) is 4.38. The second kappa shape index (κ2) is 9.98. The number of aromatic amines is 1. The third-order valence-corrected chi connectivity index (χ3v) is 6.31. The molecule has 0 bridgehead atoms. The zero-order chi connectivity index (χ0) is 21.6. The Bertz CT molecular complexity index is 993. The lowest BCUT2D eigenvalue weighted by atomic mass is 10.2. The molecule has 7 nitrogen and oxygen atoms in total. The minimum Gasteiger partial charge on any atom is -0.497 e. The first-order valence-corrected chi connectivity index (χ1v) is 11.3. The number of benzene rings is 2. The van der Waals surface area contributed by atoms with Gasteiger partial charge in [0.25, 0.3) is 0 Å². The second-order valence-corrected chi connectivity index (χ2v) is 8.98. The first-order chi connectivity index (χ1) is 15.1. The van der Waals surface area contributed by atoms with Crippen LogP contribution in [0.15, 0.2) is 59.8 Å². The fourth-order valence-electron chi connectivity index (χ4n) is 3.64. The van der Waals surface area contributed by atoms with Crippen LogP contribution in [0.2, 0.25) is 0 Å². The maximum Gasteiger partial charge on any atom is 0.233 e. The van der Waals surface area contributed by atoms with E-state index in [9.17, 15) is 4.79 Å². The number of hydrogen-bond donors (Lipinski definition) is 2. The summed E-state index contributed by atoms with van der Waals surface area (Å²) in [6.07, 6.45) is 0.970. The lowest BCUT2D eigenvalue weighted by Gasteiger charge is -2.18. The third-order valence-electron chi connectivity index (χ3n) is 5.35. The molecular formula is C23H27N5O2S. The second-order valence-electron chi connectivity index (χ2n) is 7.67. The Labute approximate surface area is 186 Å². The average molecular weight is 438 g/mol. The van der Waals surface area contributed by atoms with Gasteiger partial charge in [-0.1, -0.05) is 42.1 Å². The van der Waals surface area contributed by atoms with E-state index in [1.165, 1.54) is 17.3 Å². The molecule has 2 unspecified atom stereocenters. The highest BCUT2D eigenvalue weighted by Gasteiger charge is 2.26. The van der Waals surface area contributed by atoms with E-state index >= 15 is 0 Å². The highest BCUT2D eigenvalue weighted by molar-refractivity contribution is 8.00. The van der Waals surface area contributed by atoms with Crippen LogP contribution in [0, 0.1) is 0 Å². The number of thioether (sulfide) groups is 1. The first-order valence-electron chi connectivity index (χ1n) is 10.4. The summed E-state index contributed by atoms with van der Waals surface area (Å²) in [7, 11) is 1.64. The van der Waals surface area contributed by atoms with Gasteiger partial charge in [-0.05, 0) is 43.2 Å². The highest BCUT2D eigenvalue weighted by Crippen LogP contribution is 2.24. The summed E-state index contributed by atoms with van der Waals surface area (Å²) in [5.41, 5.74) is 2.22. The molecule has 8 heteroatoms. The predicted octanol–water partition coefficient (Wildman–Crippen LogP) is 3.35. The summed E-state index contributed by atoms with van der Waals surface area (Å²) in [5.74, 6) is 1.48. The number of rotatable bonds is 8. The number of likely N-dealkylation sites (tertiary alicyclic amines) is 1. The molecule has 4 rings (SSSR count). The van der Waals surface area contributed by atoms with Gasteiger partial charge in [-0.25, -0.2) is 4.98 Å². The average Bonchev–Trinajstić information content (AvgIpc) is 3.44. The van der Waals surface area contributed by atoms with Gasteiger partial charge in [0.2, 0.25) is 11.1 Å².